The van der Waals surface area contributed by atoms with Crippen molar-refractivity contribution in [2.24, 2.45) is 29.1 Å². The summed E-state index contributed by atoms with van der Waals surface area (Å²) in [6, 6.07) is 0. The summed E-state index contributed by atoms with van der Waals surface area (Å²) in [4.78, 5) is 11.4. The van der Waals surface area contributed by atoms with Gasteiger partial charge in [0.15, 0.2) is 0 Å². The smallest absolute Gasteiger partial charge is 1.00 e. The average Bonchev–Trinajstić information content (AvgIpc) is 2.73. The Morgan fingerprint density at radius 1 is 1.00 bits per heavy atom. The summed E-state index contributed by atoms with van der Waals surface area (Å²) >= 11 is 0. The molecule has 4 saturated carbocycles. The van der Waals surface area contributed by atoms with E-state index in [1.165, 1.54) is 36.0 Å². The van der Waals surface area contributed by atoms with E-state index in [-0.39, 0.29) is 57.9 Å². The van der Waals surface area contributed by atoms with Crippen LogP contribution in [-0.4, -0.2) is 15.4 Å². The molecule has 0 aliphatic heterocycles. The van der Waals surface area contributed by atoms with Crippen molar-refractivity contribution >= 4 is 15.4 Å². The summed E-state index contributed by atoms with van der Waals surface area (Å²) in [5, 5.41) is 0. The van der Waals surface area contributed by atoms with Gasteiger partial charge in [0.05, 0.1) is 5.91 Å². The van der Waals surface area contributed by atoms with Gasteiger partial charge < -0.3 is 35.3 Å². The molecule has 1 unspecified atom stereocenters. The summed E-state index contributed by atoms with van der Waals surface area (Å²) in [6.07, 6.45) is 10.5. The molecule has 1 atom stereocenters. The van der Waals surface area contributed by atoms with Crippen LogP contribution in [0.3, 0.4) is 0 Å². The molecule has 5 aliphatic rings. The van der Waals surface area contributed by atoms with Gasteiger partial charge in [-0.25, -0.2) is 5.57 Å². The van der Waals surface area contributed by atoms with Gasteiger partial charge in [-0.1, -0.05) is 39.8 Å². The van der Waals surface area contributed by atoms with Crippen molar-refractivity contribution in [2.75, 3.05) is 0 Å². The molecule has 0 aromatic carbocycles. The largest absolute Gasteiger partial charge is 4.00 e. The van der Waals surface area contributed by atoms with Crippen molar-refractivity contribution < 1.29 is 51.3 Å². The molecule has 0 heterocycles. The minimum absolute atomic E-state index is 0. The van der Waals surface area contributed by atoms with Crippen molar-refractivity contribution in [2.45, 2.75) is 79.3 Å². The zero-order chi connectivity index (χ0) is 18.8. The predicted molar refractivity (Wildman–Crippen MR) is 109 cm³/mol. The number of halogens is 2. The fourth-order valence-electron chi connectivity index (χ4n) is 5.55. The number of hydrogen-bond donors (Lipinski definition) is 0. The molecule has 0 saturated heterocycles. The minimum atomic E-state index is -0.258. The Labute approximate surface area is 202 Å². The van der Waals surface area contributed by atoms with Crippen LogP contribution in [0.25, 0.3) is 5.73 Å². The van der Waals surface area contributed by atoms with Gasteiger partial charge in [0.25, 0.3) is 0 Å². The number of carbonyl (C=O) groups is 1. The van der Waals surface area contributed by atoms with Gasteiger partial charge in [0, 0.05) is 14.9 Å². The van der Waals surface area contributed by atoms with Crippen LogP contribution in [0.15, 0.2) is 16.7 Å². The number of rotatable bonds is 1. The normalized spacial score (nSPS) is 33.7. The van der Waals surface area contributed by atoms with Gasteiger partial charge in [0.1, 0.15) is 0 Å². The Morgan fingerprint density at radius 2 is 1.36 bits per heavy atom. The first kappa shape index (κ1) is 30.7. The molecule has 1 amide bonds. The van der Waals surface area contributed by atoms with E-state index in [1.807, 2.05) is 0 Å². The van der Waals surface area contributed by atoms with Gasteiger partial charge in [0.2, 0.25) is 0 Å². The van der Waals surface area contributed by atoms with Gasteiger partial charge >= 0.3 is 21.7 Å². The molecule has 4 fully saturated rings. The number of nitrogens with one attached hydrogen (secondary N) is 1. The fourth-order valence-corrected chi connectivity index (χ4v) is 5.55. The summed E-state index contributed by atoms with van der Waals surface area (Å²) in [6.45, 7) is 13.1. The van der Waals surface area contributed by atoms with Crippen LogP contribution in [0.1, 0.15) is 66.2 Å². The second-order valence-corrected chi connectivity index (χ2v) is 10.1. The average molecular weight is 477 g/mol. The molecule has 157 valence electrons. The zero-order valence-electron chi connectivity index (χ0n) is 18.3. The van der Waals surface area contributed by atoms with E-state index in [0.717, 1.165) is 46.5 Å². The number of carbonyl (C=O) groups excluding carboxylic acids is 1. The van der Waals surface area contributed by atoms with Crippen LogP contribution in [0.2, 0.25) is 13.1 Å². The molecular formula is C22H36Cl2NOSiTi. The SMILES string of the molecule is CC1=[C-]C(C)C(C)=C1C.C[SiH]C.[Cl-].[Cl-].[NH-]C(=O)C12CC3CC(CC(C3)C1)C2.[Ti+4]. The molecule has 5 rings (SSSR count). The monoisotopic (exact) mass is 476 g/mol. The molecule has 2 nitrogen and oxygen atoms in total. The maximum Gasteiger partial charge on any atom is 4.00 e. The molecule has 0 aromatic heterocycles. The Bertz CT molecular complexity index is 542. The van der Waals surface area contributed by atoms with Crippen LogP contribution in [-0.2, 0) is 26.5 Å². The summed E-state index contributed by atoms with van der Waals surface area (Å²) in [5.74, 6) is 2.68. The molecule has 1 radical (unpaired) electrons. The van der Waals surface area contributed by atoms with Crippen molar-refractivity contribution in [3.63, 3.8) is 0 Å². The second-order valence-electron chi connectivity index (χ2n) is 8.90. The number of hydrogen-bond acceptors (Lipinski definition) is 1. The number of amides is 1. The van der Waals surface area contributed by atoms with E-state index in [1.54, 1.807) is 0 Å². The molecule has 4 bridgehead atoms. The molecule has 0 spiro atoms. The van der Waals surface area contributed by atoms with E-state index < -0.39 is 0 Å². The van der Waals surface area contributed by atoms with E-state index in [0.29, 0.717) is 5.92 Å². The topological polar surface area (TPSA) is 40.9 Å². The number of allylic oxidation sites excluding steroid dienone is 4. The first-order chi connectivity index (χ1) is 11.7. The van der Waals surface area contributed by atoms with E-state index in [9.17, 15) is 4.79 Å². The van der Waals surface area contributed by atoms with E-state index in [4.69, 9.17) is 5.73 Å². The Hall–Kier alpha value is 0.461. The fraction of sp³-hybridized carbons (Fsp3) is 0.773. The van der Waals surface area contributed by atoms with Crippen molar-refractivity contribution in [1.82, 2.24) is 0 Å². The van der Waals surface area contributed by atoms with E-state index >= 15 is 0 Å². The minimum Gasteiger partial charge on any atom is -1.00 e. The first-order valence-electron chi connectivity index (χ1n) is 10.00. The molecular weight excluding hydrogens is 441 g/mol. The summed E-state index contributed by atoms with van der Waals surface area (Å²) in [7, 11) is 0.750. The molecule has 5 aliphatic carbocycles. The zero-order valence-corrected chi connectivity index (χ0v) is 22.5. The van der Waals surface area contributed by atoms with Gasteiger partial charge in [-0.2, -0.15) is 11.1 Å². The first-order valence-corrected chi connectivity index (χ1v) is 12.3. The summed E-state index contributed by atoms with van der Waals surface area (Å²) < 4.78 is 0. The Kier molecular flexibility index (Phi) is 14.2. The standard InChI is InChI=1S/C11H17NO.C9H13.C2H7Si.2ClH.Ti/c12-10(13)11-4-7-1-8(5-11)3-9(2-7)6-11;1-6-5-7(2)9(4)8(6)3;1-3-2;;;/h7-9H,1-6H2,(H2,12,13);6H,1-4H3;3H,1-2H3;2*1H;/q;-1;;;;+4/p-3. The molecule has 1 N–H and O–H groups in total. The van der Waals surface area contributed by atoms with Gasteiger partial charge in [-0.05, 0) is 56.3 Å². The van der Waals surface area contributed by atoms with Crippen LogP contribution < -0.4 is 24.8 Å². The molecule has 6 heteroatoms. The van der Waals surface area contributed by atoms with Crippen molar-refractivity contribution in [1.29, 1.82) is 0 Å². The van der Waals surface area contributed by atoms with Crippen LogP contribution in [0.5, 0.6) is 0 Å². The van der Waals surface area contributed by atoms with Gasteiger partial charge in [-0.15, -0.1) is 6.92 Å². The van der Waals surface area contributed by atoms with Crippen molar-refractivity contribution in [3.05, 3.63) is 28.5 Å². The summed E-state index contributed by atoms with van der Waals surface area (Å²) in [5.41, 5.74) is 11.5. The van der Waals surface area contributed by atoms with Crippen LogP contribution >= 0.6 is 0 Å². The van der Waals surface area contributed by atoms with Crippen LogP contribution in [0, 0.1) is 35.2 Å². The van der Waals surface area contributed by atoms with E-state index in [2.05, 4.69) is 46.9 Å². The predicted octanol–water partition coefficient (Wildman–Crippen LogP) is 0.0282. The quantitative estimate of drug-likeness (QED) is 0.388. The second kappa shape index (κ2) is 13.0. The Balaban J connectivity index is 0. The third kappa shape index (κ3) is 7.01. The third-order valence-corrected chi connectivity index (χ3v) is 6.76. The maximum absolute atomic E-state index is 11.4. The molecule has 28 heavy (non-hydrogen) atoms. The van der Waals surface area contributed by atoms with Crippen LogP contribution in [0.4, 0.5) is 0 Å². The third-order valence-electron chi connectivity index (χ3n) is 6.76. The molecule has 0 aromatic rings. The van der Waals surface area contributed by atoms with Gasteiger partial charge in [-0.3, -0.25) is 6.08 Å². The Morgan fingerprint density at radius 3 is 1.54 bits per heavy atom. The van der Waals surface area contributed by atoms with Crippen molar-refractivity contribution in [3.8, 4) is 0 Å². The maximum atomic E-state index is 11.4.